The zero-order valence-corrected chi connectivity index (χ0v) is 14.3. The molecule has 1 aliphatic heterocycles. The average molecular weight is 347 g/mol. The highest BCUT2D eigenvalue weighted by Gasteiger charge is 2.21. The minimum atomic E-state index is -0.169. The molecule has 1 aromatic carbocycles. The molecule has 0 radical (unpaired) electrons. The van der Waals surface area contributed by atoms with Crippen molar-refractivity contribution < 1.29 is 9.53 Å². The number of hydrogen-bond acceptors (Lipinski definition) is 7. The lowest BCUT2D eigenvalue weighted by atomic mass is 10.1. The van der Waals surface area contributed by atoms with Gasteiger partial charge in [-0.1, -0.05) is 17.4 Å². The van der Waals surface area contributed by atoms with Crippen molar-refractivity contribution in [2.45, 2.75) is 18.9 Å². The fourth-order valence-electron chi connectivity index (χ4n) is 2.60. The molecule has 0 aliphatic carbocycles. The molecular formula is C16H21N5O2S. The number of nitrogens with two attached hydrogens (primary N) is 1. The van der Waals surface area contributed by atoms with Crippen molar-refractivity contribution in [2.75, 3.05) is 31.2 Å². The van der Waals surface area contributed by atoms with Crippen molar-refractivity contribution in [1.82, 2.24) is 15.6 Å². The fourth-order valence-corrected chi connectivity index (χ4v) is 3.41. The molecular weight excluding hydrogens is 326 g/mol. The second-order valence-corrected chi connectivity index (χ2v) is 6.61. The molecule has 1 aliphatic rings. The molecule has 0 spiro atoms. The van der Waals surface area contributed by atoms with Crippen LogP contribution < -0.4 is 26.4 Å². The van der Waals surface area contributed by atoms with Crippen molar-refractivity contribution in [2.24, 2.45) is 0 Å². The van der Waals surface area contributed by atoms with Crippen LogP contribution in [-0.2, 0) is 0 Å². The second-order valence-electron chi connectivity index (χ2n) is 5.61. The van der Waals surface area contributed by atoms with E-state index in [0.29, 0.717) is 10.0 Å². The van der Waals surface area contributed by atoms with E-state index in [9.17, 15) is 4.79 Å². The Morgan fingerprint density at radius 2 is 2.38 bits per heavy atom. The first kappa shape index (κ1) is 16.5. The zero-order valence-electron chi connectivity index (χ0n) is 13.5. The molecule has 7 nitrogen and oxygen atoms in total. The van der Waals surface area contributed by atoms with Crippen molar-refractivity contribution in [3.63, 3.8) is 0 Å². The summed E-state index contributed by atoms with van der Waals surface area (Å²) in [7, 11) is 1.61. The van der Waals surface area contributed by atoms with Gasteiger partial charge in [0.2, 0.25) is 0 Å². The third kappa shape index (κ3) is 3.95. The molecule has 0 bridgehead atoms. The Bertz CT molecular complexity index is 712. The van der Waals surface area contributed by atoms with E-state index in [2.05, 4.69) is 20.9 Å². The number of thiazole rings is 1. The summed E-state index contributed by atoms with van der Waals surface area (Å²) in [6.45, 7) is 1.79. The number of carbonyl (C=O) groups is 1. The molecule has 128 valence electrons. The highest BCUT2D eigenvalue weighted by Crippen LogP contribution is 2.29. The summed E-state index contributed by atoms with van der Waals surface area (Å²) in [6, 6.07) is 7.63. The van der Waals surface area contributed by atoms with Crippen molar-refractivity contribution >= 4 is 33.9 Å². The van der Waals surface area contributed by atoms with Crippen LogP contribution in [0.1, 0.15) is 22.5 Å². The molecule has 0 saturated carbocycles. The van der Waals surface area contributed by atoms with Crippen LogP contribution in [0.2, 0.25) is 0 Å². The Hall–Kier alpha value is -2.32. The molecule has 1 aromatic heterocycles. The molecule has 2 heterocycles. The van der Waals surface area contributed by atoms with Gasteiger partial charge >= 0.3 is 0 Å². The van der Waals surface area contributed by atoms with Crippen LogP contribution in [0.4, 0.5) is 16.6 Å². The van der Waals surface area contributed by atoms with Gasteiger partial charge < -0.3 is 26.4 Å². The lowest BCUT2D eigenvalue weighted by molar-refractivity contribution is 0.0935. The van der Waals surface area contributed by atoms with E-state index in [0.717, 1.165) is 37.4 Å². The summed E-state index contributed by atoms with van der Waals surface area (Å²) < 4.78 is 5.19. The van der Waals surface area contributed by atoms with Gasteiger partial charge in [0.25, 0.3) is 5.91 Å². The maximum Gasteiger partial charge on any atom is 0.265 e. The Morgan fingerprint density at radius 1 is 1.50 bits per heavy atom. The summed E-state index contributed by atoms with van der Waals surface area (Å²) in [6.07, 6.45) is 2.04. The third-order valence-electron chi connectivity index (χ3n) is 3.81. The van der Waals surface area contributed by atoms with Crippen LogP contribution in [0, 0.1) is 0 Å². The number of piperidine rings is 1. The number of nitrogens with zero attached hydrogens (tertiary/aromatic N) is 1. The predicted molar refractivity (Wildman–Crippen MR) is 96.2 cm³/mol. The fraction of sp³-hybridized carbons (Fsp3) is 0.375. The number of aromatic nitrogens is 1. The highest BCUT2D eigenvalue weighted by molar-refractivity contribution is 7.18. The maximum absolute atomic E-state index is 12.4. The van der Waals surface area contributed by atoms with Crippen molar-refractivity contribution in [3.8, 4) is 5.75 Å². The molecule has 2 aromatic rings. The summed E-state index contributed by atoms with van der Waals surface area (Å²) >= 11 is 1.24. The van der Waals surface area contributed by atoms with Gasteiger partial charge in [0, 0.05) is 24.3 Å². The Balaban J connectivity index is 1.68. The molecule has 1 atom stereocenters. The van der Waals surface area contributed by atoms with Crippen molar-refractivity contribution in [3.05, 3.63) is 29.1 Å². The van der Waals surface area contributed by atoms with E-state index in [4.69, 9.17) is 10.5 Å². The molecule has 8 heteroatoms. The quantitative estimate of drug-likeness (QED) is 0.660. The topological polar surface area (TPSA) is 101 Å². The molecule has 1 fully saturated rings. The summed E-state index contributed by atoms with van der Waals surface area (Å²) in [5.74, 6) is 0.816. The Kier molecular flexibility index (Phi) is 5.17. The molecule has 1 amide bonds. The van der Waals surface area contributed by atoms with E-state index in [1.165, 1.54) is 11.3 Å². The summed E-state index contributed by atoms with van der Waals surface area (Å²) in [5, 5.41) is 10.0. The van der Waals surface area contributed by atoms with E-state index >= 15 is 0 Å². The van der Waals surface area contributed by atoms with Gasteiger partial charge in [-0.05, 0) is 31.5 Å². The van der Waals surface area contributed by atoms with E-state index < -0.39 is 0 Å². The first-order valence-electron chi connectivity index (χ1n) is 7.84. The number of benzene rings is 1. The van der Waals surface area contributed by atoms with Gasteiger partial charge in [-0.15, -0.1) is 0 Å². The highest BCUT2D eigenvalue weighted by atomic mass is 32.1. The number of nitrogen functional groups attached to an aromatic ring is 1. The zero-order chi connectivity index (χ0) is 16.9. The number of amides is 1. The number of ether oxygens (including phenoxy) is 1. The lowest BCUT2D eigenvalue weighted by Gasteiger charge is -2.23. The molecule has 1 unspecified atom stereocenters. The van der Waals surface area contributed by atoms with Gasteiger partial charge in [-0.3, -0.25) is 4.79 Å². The minimum absolute atomic E-state index is 0.141. The van der Waals surface area contributed by atoms with E-state index in [1.54, 1.807) is 7.11 Å². The molecule has 24 heavy (non-hydrogen) atoms. The standard InChI is InChI=1S/C16H21N5O2S/c1-23-12-6-2-4-10(8-12)20-16-21-14(17)13(24-16)15(22)19-11-5-3-7-18-9-11/h2,4,6,8,11,18H,3,5,7,9,17H2,1H3,(H,19,22)(H,20,21). The van der Waals surface area contributed by atoms with Crippen LogP contribution in [0.3, 0.4) is 0 Å². The third-order valence-corrected chi connectivity index (χ3v) is 4.80. The number of hydrogen-bond donors (Lipinski definition) is 4. The smallest absolute Gasteiger partial charge is 0.265 e. The Labute approximate surface area is 144 Å². The number of rotatable bonds is 5. The summed E-state index contributed by atoms with van der Waals surface area (Å²) in [5.41, 5.74) is 6.74. The summed E-state index contributed by atoms with van der Waals surface area (Å²) in [4.78, 5) is 17.1. The molecule has 5 N–H and O–H groups in total. The minimum Gasteiger partial charge on any atom is -0.497 e. The van der Waals surface area contributed by atoms with Crippen LogP contribution in [0.5, 0.6) is 5.75 Å². The van der Waals surface area contributed by atoms with E-state index in [-0.39, 0.29) is 17.8 Å². The van der Waals surface area contributed by atoms with Crippen LogP contribution >= 0.6 is 11.3 Å². The van der Waals surface area contributed by atoms with Crippen LogP contribution in [-0.4, -0.2) is 37.1 Å². The largest absolute Gasteiger partial charge is 0.497 e. The monoisotopic (exact) mass is 347 g/mol. The number of nitrogens with one attached hydrogen (secondary N) is 3. The average Bonchev–Trinajstić information content (AvgIpc) is 2.96. The second kappa shape index (κ2) is 7.50. The van der Waals surface area contributed by atoms with Gasteiger partial charge in [-0.25, -0.2) is 4.98 Å². The first-order valence-corrected chi connectivity index (χ1v) is 8.66. The number of methoxy groups -OCH3 is 1. The normalized spacial score (nSPS) is 17.3. The van der Waals surface area contributed by atoms with Gasteiger partial charge in [0.15, 0.2) is 5.13 Å². The first-order chi connectivity index (χ1) is 11.7. The molecule has 3 rings (SSSR count). The van der Waals surface area contributed by atoms with Gasteiger partial charge in [-0.2, -0.15) is 0 Å². The number of anilines is 3. The lowest BCUT2D eigenvalue weighted by Crippen LogP contribution is -2.45. The SMILES string of the molecule is COc1cccc(Nc2nc(N)c(C(=O)NC3CCCNC3)s2)c1. The maximum atomic E-state index is 12.4. The van der Waals surface area contributed by atoms with E-state index in [1.807, 2.05) is 24.3 Å². The Morgan fingerprint density at radius 3 is 3.12 bits per heavy atom. The van der Waals surface area contributed by atoms with Crippen molar-refractivity contribution in [1.29, 1.82) is 0 Å². The van der Waals surface area contributed by atoms with Gasteiger partial charge in [0.1, 0.15) is 16.4 Å². The van der Waals surface area contributed by atoms with Gasteiger partial charge in [0.05, 0.1) is 7.11 Å². The number of carbonyl (C=O) groups excluding carboxylic acids is 1. The predicted octanol–water partition coefficient (Wildman–Crippen LogP) is 1.96. The van der Waals surface area contributed by atoms with Crippen LogP contribution in [0.25, 0.3) is 0 Å². The molecule has 1 saturated heterocycles. The van der Waals surface area contributed by atoms with Crippen LogP contribution in [0.15, 0.2) is 24.3 Å².